The lowest BCUT2D eigenvalue weighted by Crippen LogP contribution is -2.62. The number of hydrogen-bond acceptors (Lipinski definition) is 7. The number of nitrogens with one attached hydrogen (secondary N) is 1. The summed E-state index contributed by atoms with van der Waals surface area (Å²) in [4.78, 5) is 41.8. The smallest absolute Gasteiger partial charge is 0.341 e. The molecule has 10 heteroatoms. The van der Waals surface area contributed by atoms with E-state index in [4.69, 9.17) is 5.11 Å². The number of carboxylic acid groups (broad SMARTS) is 1. The Bertz CT molecular complexity index is 939. The van der Waals surface area contributed by atoms with Crippen LogP contribution in [0.4, 0.5) is 0 Å². The molecule has 0 radical (unpaired) electrons. The van der Waals surface area contributed by atoms with E-state index < -0.39 is 28.6 Å². The highest BCUT2D eigenvalue weighted by molar-refractivity contribution is 7.09. The summed E-state index contributed by atoms with van der Waals surface area (Å²) in [6.07, 6.45) is 4.01. The second-order valence-corrected chi connectivity index (χ2v) is 7.30. The normalized spacial score (nSPS) is 22.0. The first kappa shape index (κ1) is 16.7. The molecule has 2 aromatic rings. The molecular formula is C16H16N4O5S. The standard InChI is InChI=1S/C16H16N4O5S/c21-13-9(16(24)25)6-19-7-10-18-8(5-11-17-2-4-26-11)1-3-20(10)15(23)12(19)14(13)22/h2,4,6,8,10,18,22H,1,3,5,7H2,(H,24,25). The van der Waals surface area contributed by atoms with E-state index in [1.807, 2.05) is 5.38 Å². The Morgan fingerprint density at radius 2 is 2.23 bits per heavy atom. The Kier molecular flexibility index (Phi) is 4.00. The predicted molar refractivity (Wildman–Crippen MR) is 91.5 cm³/mol. The van der Waals surface area contributed by atoms with Crippen LogP contribution in [0.3, 0.4) is 0 Å². The first-order valence-electron chi connectivity index (χ1n) is 8.10. The number of carboxylic acids is 1. The van der Waals surface area contributed by atoms with Crippen molar-refractivity contribution in [3.63, 3.8) is 0 Å². The molecule has 2 unspecified atom stereocenters. The van der Waals surface area contributed by atoms with Crippen LogP contribution in [0.25, 0.3) is 0 Å². The summed E-state index contributed by atoms with van der Waals surface area (Å²) in [5, 5.41) is 25.5. The molecule has 0 saturated carbocycles. The fraction of sp³-hybridized carbons (Fsp3) is 0.375. The average Bonchev–Trinajstić information content (AvgIpc) is 3.10. The summed E-state index contributed by atoms with van der Waals surface area (Å²) in [5.41, 5.74) is -1.75. The van der Waals surface area contributed by atoms with Crippen molar-refractivity contribution in [2.75, 3.05) is 6.54 Å². The molecule has 2 aliphatic heterocycles. The van der Waals surface area contributed by atoms with Gasteiger partial charge in [-0.2, -0.15) is 0 Å². The van der Waals surface area contributed by atoms with Gasteiger partial charge in [0.05, 0.1) is 11.6 Å². The van der Waals surface area contributed by atoms with Crippen molar-refractivity contribution in [2.45, 2.75) is 31.6 Å². The van der Waals surface area contributed by atoms with Crippen molar-refractivity contribution < 1.29 is 19.8 Å². The fourth-order valence-corrected chi connectivity index (χ4v) is 4.21. The van der Waals surface area contributed by atoms with E-state index in [0.717, 1.165) is 24.0 Å². The van der Waals surface area contributed by atoms with Gasteiger partial charge in [0.1, 0.15) is 11.7 Å². The van der Waals surface area contributed by atoms with Gasteiger partial charge in [0.2, 0.25) is 5.43 Å². The van der Waals surface area contributed by atoms with E-state index in [0.29, 0.717) is 6.54 Å². The Labute approximate surface area is 151 Å². The van der Waals surface area contributed by atoms with Crippen molar-refractivity contribution in [1.82, 2.24) is 19.8 Å². The molecule has 0 bridgehead atoms. The topological polar surface area (TPSA) is 125 Å². The Morgan fingerprint density at radius 1 is 1.42 bits per heavy atom. The number of aromatic nitrogens is 2. The molecule has 3 N–H and O–H groups in total. The number of pyridine rings is 1. The van der Waals surface area contributed by atoms with Gasteiger partial charge in [0.15, 0.2) is 11.4 Å². The molecule has 0 aromatic carbocycles. The van der Waals surface area contributed by atoms with Gasteiger partial charge in [0.25, 0.3) is 5.91 Å². The van der Waals surface area contributed by atoms with Gasteiger partial charge in [-0.25, -0.2) is 9.78 Å². The van der Waals surface area contributed by atoms with E-state index in [-0.39, 0.29) is 24.4 Å². The van der Waals surface area contributed by atoms with Crippen LogP contribution in [0.1, 0.15) is 32.3 Å². The summed E-state index contributed by atoms with van der Waals surface area (Å²) in [6.45, 7) is 0.740. The minimum atomic E-state index is -1.44. The summed E-state index contributed by atoms with van der Waals surface area (Å²) in [5.74, 6) is -2.72. The number of nitrogens with zero attached hydrogens (tertiary/aromatic N) is 3. The molecule has 9 nitrogen and oxygen atoms in total. The number of aromatic carboxylic acids is 1. The summed E-state index contributed by atoms with van der Waals surface area (Å²) in [6, 6.07) is 0.142. The zero-order valence-electron chi connectivity index (χ0n) is 13.6. The summed E-state index contributed by atoms with van der Waals surface area (Å²) >= 11 is 1.57. The third-order valence-electron chi connectivity index (χ3n) is 4.75. The van der Waals surface area contributed by atoms with Crippen LogP contribution >= 0.6 is 11.3 Å². The largest absolute Gasteiger partial charge is 0.503 e. The Hall–Kier alpha value is -2.72. The van der Waals surface area contributed by atoms with Crippen molar-refractivity contribution >= 4 is 23.2 Å². The number of hydrogen-bond donors (Lipinski definition) is 3. The molecule has 4 heterocycles. The number of rotatable bonds is 3. The van der Waals surface area contributed by atoms with Crippen LogP contribution in [-0.2, 0) is 13.0 Å². The van der Waals surface area contributed by atoms with Gasteiger partial charge in [0, 0.05) is 36.8 Å². The molecule has 136 valence electrons. The first-order chi connectivity index (χ1) is 12.5. The molecule has 1 saturated heterocycles. The SMILES string of the molecule is O=C(O)c1cn2c(c(O)c1=O)C(=O)N1CCC(Cc3nccs3)NC1C2. The van der Waals surface area contributed by atoms with Gasteiger partial charge in [-0.05, 0) is 6.42 Å². The Balaban J connectivity index is 1.64. The third kappa shape index (κ3) is 2.67. The molecule has 2 aliphatic rings. The molecule has 2 aromatic heterocycles. The molecule has 4 rings (SSSR count). The molecule has 26 heavy (non-hydrogen) atoms. The second-order valence-electron chi connectivity index (χ2n) is 6.32. The van der Waals surface area contributed by atoms with E-state index in [1.165, 1.54) is 4.57 Å². The van der Waals surface area contributed by atoms with Crippen LogP contribution in [0.5, 0.6) is 5.75 Å². The van der Waals surface area contributed by atoms with Gasteiger partial charge >= 0.3 is 5.97 Å². The van der Waals surface area contributed by atoms with Gasteiger partial charge in [-0.3, -0.25) is 14.9 Å². The van der Waals surface area contributed by atoms with Crippen LogP contribution in [-0.4, -0.2) is 55.3 Å². The fourth-order valence-electron chi connectivity index (χ4n) is 3.51. The Morgan fingerprint density at radius 3 is 2.92 bits per heavy atom. The molecule has 0 aliphatic carbocycles. The van der Waals surface area contributed by atoms with Crippen LogP contribution in [0.15, 0.2) is 22.6 Å². The lowest BCUT2D eigenvalue weighted by atomic mass is 10.0. The number of carbonyl (C=O) groups excluding carboxylic acids is 1. The van der Waals surface area contributed by atoms with Crippen LogP contribution in [0.2, 0.25) is 0 Å². The monoisotopic (exact) mass is 376 g/mol. The molecule has 1 amide bonds. The maximum atomic E-state index is 12.7. The van der Waals surface area contributed by atoms with E-state index >= 15 is 0 Å². The quantitative estimate of drug-likeness (QED) is 0.693. The predicted octanol–water partition coefficient (Wildman–Crippen LogP) is 0.0951. The van der Waals surface area contributed by atoms with Crippen molar-refractivity contribution in [2.24, 2.45) is 0 Å². The third-order valence-corrected chi connectivity index (χ3v) is 5.55. The highest BCUT2D eigenvalue weighted by Crippen LogP contribution is 2.26. The van der Waals surface area contributed by atoms with Crippen molar-refractivity contribution in [3.8, 4) is 5.75 Å². The molecule has 0 spiro atoms. The second kappa shape index (κ2) is 6.22. The molecule has 2 atom stereocenters. The average molecular weight is 376 g/mol. The lowest BCUT2D eigenvalue weighted by Gasteiger charge is -2.44. The maximum absolute atomic E-state index is 12.7. The summed E-state index contributed by atoms with van der Waals surface area (Å²) in [7, 11) is 0. The van der Waals surface area contributed by atoms with Gasteiger partial charge in [-0.1, -0.05) is 0 Å². The summed E-state index contributed by atoms with van der Waals surface area (Å²) < 4.78 is 1.35. The number of carbonyl (C=O) groups is 2. The molecular weight excluding hydrogens is 360 g/mol. The van der Waals surface area contributed by atoms with Crippen LogP contribution < -0.4 is 10.7 Å². The van der Waals surface area contributed by atoms with Gasteiger partial charge < -0.3 is 19.7 Å². The van der Waals surface area contributed by atoms with Crippen molar-refractivity contribution in [1.29, 1.82) is 0 Å². The number of amides is 1. The zero-order chi connectivity index (χ0) is 18.4. The van der Waals surface area contributed by atoms with E-state index in [9.17, 15) is 19.5 Å². The number of aromatic hydroxyl groups is 1. The highest BCUT2D eigenvalue weighted by Gasteiger charge is 2.39. The lowest BCUT2D eigenvalue weighted by molar-refractivity contribution is 0.0392. The van der Waals surface area contributed by atoms with Crippen LogP contribution in [0, 0.1) is 0 Å². The minimum absolute atomic E-state index is 0.142. The maximum Gasteiger partial charge on any atom is 0.341 e. The number of thiazole rings is 1. The van der Waals surface area contributed by atoms with E-state index in [1.54, 1.807) is 22.4 Å². The molecule has 1 fully saturated rings. The zero-order valence-corrected chi connectivity index (χ0v) is 14.4. The van der Waals surface area contributed by atoms with Gasteiger partial charge in [-0.15, -0.1) is 11.3 Å². The first-order valence-corrected chi connectivity index (χ1v) is 8.98. The van der Waals surface area contributed by atoms with E-state index in [2.05, 4.69) is 10.3 Å². The highest BCUT2D eigenvalue weighted by atomic mass is 32.1. The minimum Gasteiger partial charge on any atom is -0.503 e. The van der Waals surface area contributed by atoms with Crippen molar-refractivity contribution in [3.05, 3.63) is 44.3 Å². The number of fused-ring (bicyclic) bond motifs is 2.